The van der Waals surface area contributed by atoms with Crippen LogP contribution in [0.3, 0.4) is 0 Å². The van der Waals surface area contributed by atoms with Gasteiger partial charge in [-0.25, -0.2) is 13.1 Å². The molecule has 7 heteroatoms. The van der Waals surface area contributed by atoms with Crippen LogP contribution in [0.4, 0.5) is 0 Å². The Bertz CT molecular complexity index is 844. The predicted molar refractivity (Wildman–Crippen MR) is 94.9 cm³/mol. The molecular formula is C18H21NO5S. The van der Waals surface area contributed by atoms with Crippen molar-refractivity contribution in [3.63, 3.8) is 0 Å². The van der Waals surface area contributed by atoms with E-state index in [1.807, 2.05) is 6.07 Å². The first kappa shape index (κ1) is 19.0. The summed E-state index contributed by atoms with van der Waals surface area (Å²) >= 11 is 0. The normalized spacial score (nSPS) is 11.2. The number of sulfonamides is 1. The molecule has 0 aromatic heterocycles. The molecule has 0 radical (unpaired) electrons. The van der Waals surface area contributed by atoms with Crippen molar-refractivity contribution in [3.05, 3.63) is 53.6 Å². The number of ether oxygens (including phenoxy) is 2. The molecule has 134 valence electrons. The lowest BCUT2D eigenvalue weighted by Crippen LogP contribution is -2.26. The van der Waals surface area contributed by atoms with E-state index in [2.05, 4.69) is 4.72 Å². The summed E-state index contributed by atoms with van der Waals surface area (Å²) in [6, 6.07) is 11.2. The Morgan fingerprint density at radius 2 is 1.72 bits per heavy atom. The van der Waals surface area contributed by atoms with Crippen LogP contribution < -0.4 is 14.2 Å². The molecule has 0 aliphatic heterocycles. The number of carbonyl (C=O) groups is 1. The number of hydrogen-bond donors (Lipinski definition) is 1. The first-order chi connectivity index (χ1) is 11.9. The molecule has 0 atom stereocenters. The standard InChI is InChI=1S/C18H21NO5S/c1-13(20)14-5-8-17(9-6-14)25(21,22)19-11-10-15-4-7-16(23-2)12-18(15)24-3/h4-9,12,19H,10-11H2,1-3H3. The average Bonchev–Trinajstić information content (AvgIpc) is 2.61. The minimum Gasteiger partial charge on any atom is -0.497 e. The molecule has 2 aromatic rings. The van der Waals surface area contributed by atoms with Gasteiger partial charge in [0.25, 0.3) is 0 Å². The maximum atomic E-state index is 12.3. The molecule has 2 aromatic carbocycles. The third-order valence-electron chi connectivity index (χ3n) is 3.75. The largest absolute Gasteiger partial charge is 0.497 e. The molecule has 0 amide bonds. The van der Waals surface area contributed by atoms with Gasteiger partial charge < -0.3 is 9.47 Å². The topological polar surface area (TPSA) is 81.7 Å². The van der Waals surface area contributed by atoms with Gasteiger partial charge in [0, 0.05) is 18.2 Å². The number of rotatable bonds is 8. The molecular weight excluding hydrogens is 342 g/mol. The maximum absolute atomic E-state index is 12.3. The van der Waals surface area contributed by atoms with Crippen molar-refractivity contribution in [2.45, 2.75) is 18.2 Å². The van der Waals surface area contributed by atoms with Crippen molar-refractivity contribution in [1.29, 1.82) is 0 Å². The molecule has 25 heavy (non-hydrogen) atoms. The lowest BCUT2D eigenvalue weighted by molar-refractivity contribution is 0.101. The van der Waals surface area contributed by atoms with Gasteiger partial charge in [-0.05, 0) is 37.1 Å². The third kappa shape index (κ3) is 4.80. The smallest absolute Gasteiger partial charge is 0.240 e. The molecule has 6 nitrogen and oxygen atoms in total. The zero-order valence-electron chi connectivity index (χ0n) is 14.4. The van der Waals surface area contributed by atoms with E-state index in [1.165, 1.54) is 31.2 Å². The Morgan fingerprint density at radius 3 is 2.28 bits per heavy atom. The summed E-state index contributed by atoms with van der Waals surface area (Å²) in [4.78, 5) is 11.4. The predicted octanol–water partition coefficient (Wildman–Crippen LogP) is 2.43. The van der Waals surface area contributed by atoms with Crippen molar-refractivity contribution < 1.29 is 22.7 Å². The van der Waals surface area contributed by atoms with Gasteiger partial charge in [0.2, 0.25) is 10.0 Å². The van der Waals surface area contributed by atoms with Gasteiger partial charge in [-0.1, -0.05) is 18.2 Å². The number of ketones is 1. The van der Waals surface area contributed by atoms with Crippen LogP contribution in [0.5, 0.6) is 11.5 Å². The van der Waals surface area contributed by atoms with Gasteiger partial charge >= 0.3 is 0 Å². The Labute approximate surface area is 147 Å². The fourth-order valence-electron chi connectivity index (χ4n) is 2.33. The van der Waals surface area contributed by atoms with Gasteiger partial charge in [0.1, 0.15) is 11.5 Å². The van der Waals surface area contributed by atoms with Crippen LogP contribution in [0, 0.1) is 0 Å². The summed E-state index contributed by atoms with van der Waals surface area (Å²) in [6.45, 7) is 1.66. The summed E-state index contributed by atoms with van der Waals surface area (Å²) in [6.07, 6.45) is 0.470. The number of benzene rings is 2. The van der Waals surface area contributed by atoms with Crippen LogP contribution in [-0.4, -0.2) is 35.0 Å². The molecule has 0 bridgehead atoms. The Hall–Kier alpha value is -2.38. The van der Waals surface area contributed by atoms with Crippen LogP contribution in [0.15, 0.2) is 47.4 Å². The number of carbonyl (C=O) groups excluding carboxylic acids is 1. The fraction of sp³-hybridized carbons (Fsp3) is 0.278. The summed E-state index contributed by atoms with van der Waals surface area (Å²) in [5.41, 5.74) is 1.35. The first-order valence-electron chi connectivity index (χ1n) is 7.69. The van der Waals surface area contributed by atoms with Crippen LogP contribution in [-0.2, 0) is 16.4 Å². The lowest BCUT2D eigenvalue weighted by Gasteiger charge is -2.11. The highest BCUT2D eigenvalue weighted by atomic mass is 32.2. The second kappa shape index (κ2) is 8.13. The zero-order valence-corrected chi connectivity index (χ0v) is 15.2. The highest BCUT2D eigenvalue weighted by Crippen LogP contribution is 2.24. The van der Waals surface area contributed by atoms with E-state index in [4.69, 9.17) is 9.47 Å². The van der Waals surface area contributed by atoms with E-state index in [0.29, 0.717) is 23.5 Å². The van der Waals surface area contributed by atoms with Crippen molar-refractivity contribution in [2.75, 3.05) is 20.8 Å². The lowest BCUT2D eigenvalue weighted by atomic mass is 10.1. The highest BCUT2D eigenvalue weighted by molar-refractivity contribution is 7.89. The van der Waals surface area contributed by atoms with Gasteiger partial charge in [-0.2, -0.15) is 0 Å². The fourth-order valence-corrected chi connectivity index (χ4v) is 3.36. The number of hydrogen-bond acceptors (Lipinski definition) is 5. The number of Topliss-reactive ketones (excluding diaryl/α,β-unsaturated/α-hetero) is 1. The number of methoxy groups -OCH3 is 2. The summed E-state index contributed by atoms with van der Waals surface area (Å²) in [7, 11) is -0.508. The van der Waals surface area contributed by atoms with E-state index in [-0.39, 0.29) is 17.2 Å². The summed E-state index contributed by atoms with van der Waals surface area (Å²) in [5.74, 6) is 1.21. The Kier molecular flexibility index (Phi) is 6.17. The van der Waals surface area contributed by atoms with E-state index in [9.17, 15) is 13.2 Å². The maximum Gasteiger partial charge on any atom is 0.240 e. The monoisotopic (exact) mass is 363 g/mol. The van der Waals surface area contributed by atoms with Crippen molar-refractivity contribution in [3.8, 4) is 11.5 Å². The third-order valence-corrected chi connectivity index (χ3v) is 5.23. The molecule has 2 rings (SSSR count). The second-order valence-electron chi connectivity index (χ2n) is 5.41. The molecule has 0 aliphatic carbocycles. The van der Waals surface area contributed by atoms with Crippen molar-refractivity contribution in [2.24, 2.45) is 0 Å². The van der Waals surface area contributed by atoms with Crippen LogP contribution >= 0.6 is 0 Å². The van der Waals surface area contributed by atoms with Crippen LogP contribution in [0.25, 0.3) is 0 Å². The van der Waals surface area contributed by atoms with Crippen LogP contribution in [0.1, 0.15) is 22.8 Å². The van der Waals surface area contributed by atoms with Crippen molar-refractivity contribution in [1.82, 2.24) is 4.72 Å². The number of nitrogens with one attached hydrogen (secondary N) is 1. The average molecular weight is 363 g/mol. The van der Waals surface area contributed by atoms with E-state index in [0.717, 1.165) is 5.56 Å². The summed E-state index contributed by atoms with van der Waals surface area (Å²) < 4.78 is 37.6. The molecule has 0 saturated heterocycles. The SMILES string of the molecule is COc1ccc(CCNS(=O)(=O)c2ccc(C(C)=O)cc2)c(OC)c1. The van der Waals surface area contributed by atoms with Crippen LogP contribution in [0.2, 0.25) is 0 Å². The molecule has 0 unspecified atom stereocenters. The van der Waals surface area contributed by atoms with Gasteiger partial charge in [0.15, 0.2) is 5.78 Å². The zero-order chi connectivity index (χ0) is 18.4. The van der Waals surface area contributed by atoms with E-state index < -0.39 is 10.0 Å². The van der Waals surface area contributed by atoms with Gasteiger partial charge in [-0.3, -0.25) is 4.79 Å². The van der Waals surface area contributed by atoms with E-state index >= 15 is 0 Å². The molecule has 0 spiro atoms. The Morgan fingerprint density at radius 1 is 1.04 bits per heavy atom. The highest BCUT2D eigenvalue weighted by Gasteiger charge is 2.14. The minimum absolute atomic E-state index is 0.108. The molecule has 0 fully saturated rings. The molecule has 0 saturated carbocycles. The second-order valence-corrected chi connectivity index (χ2v) is 7.17. The Balaban J connectivity index is 2.04. The first-order valence-corrected chi connectivity index (χ1v) is 9.17. The molecule has 0 aliphatic rings. The van der Waals surface area contributed by atoms with E-state index in [1.54, 1.807) is 26.4 Å². The molecule has 0 heterocycles. The summed E-state index contributed by atoms with van der Waals surface area (Å²) in [5, 5.41) is 0. The minimum atomic E-state index is -3.63. The molecule has 1 N–H and O–H groups in total. The van der Waals surface area contributed by atoms with Gasteiger partial charge in [0.05, 0.1) is 19.1 Å². The van der Waals surface area contributed by atoms with Crippen molar-refractivity contribution >= 4 is 15.8 Å². The van der Waals surface area contributed by atoms with Gasteiger partial charge in [-0.15, -0.1) is 0 Å². The quantitative estimate of drug-likeness (QED) is 0.729.